The molecule has 0 unspecified atom stereocenters. The van der Waals surface area contributed by atoms with E-state index >= 15 is 0 Å². The number of aliphatic hydroxyl groups is 1. The van der Waals surface area contributed by atoms with Crippen LogP contribution < -0.4 is 0 Å². The summed E-state index contributed by atoms with van der Waals surface area (Å²) < 4.78 is 21.8. The minimum atomic E-state index is -1.52. The summed E-state index contributed by atoms with van der Waals surface area (Å²) in [5.41, 5.74) is -1.26. The fraction of sp³-hybridized carbons (Fsp3) is 0.586. The molecule has 1 aromatic heterocycles. The Morgan fingerprint density at radius 1 is 1.21 bits per heavy atom. The summed E-state index contributed by atoms with van der Waals surface area (Å²) in [7, 11) is 1.31. The van der Waals surface area contributed by atoms with Crippen LogP contribution in [0.3, 0.4) is 0 Å². The molecule has 0 spiro atoms. The number of cyclic esters (lactones) is 1. The van der Waals surface area contributed by atoms with Gasteiger partial charge in [0.05, 0.1) is 31.2 Å². The Labute approximate surface area is 220 Å². The number of carbonyl (C=O) groups excluding carboxylic acids is 4. The molecule has 4 aliphatic carbocycles. The van der Waals surface area contributed by atoms with Crippen molar-refractivity contribution < 1.29 is 42.9 Å². The van der Waals surface area contributed by atoms with Gasteiger partial charge in [0.1, 0.15) is 6.10 Å². The number of fused-ring (bicyclic) bond motifs is 5. The van der Waals surface area contributed by atoms with Crippen LogP contribution in [-0.2, 0) is 33.4 Å². The Hall–Kier alpha value is -3.20. The largest absolute Gasteiger partial charge is 0.472 e. The fourth-order valence-corrected chi connectivity index (χ4v) is 8.90. The average Bonchev–Trinajstić information content (AvgIpc) is 3.48. The molecule has 2 heterocycles. The standard InChI is InChI=1S/C29H32O9/c1-14(30)37-25-23(33)22-21-16(28(4)18(11-19(31)35-5)27(25,3)13-29(22,28)34)6-8-26(2)17(21)10-20(32)38-24(26)15-7-9-36-12-15/h7,9-10,12,18,22,24-25,34H,6,8,11,13H2,1-5H3/t18-,22-,24-,25+,26+,27+,28+,29-/m0/s1. The van der Waals surface area contributed by atoms with Crippen molar-refractivity contribution in [1.29, 1.82) is 0 Å². The molecule has 0 amide bonds. The van der Waals surface area contributed by atoms with E-state index in [9.17, 15) is 24.3 Å². The number of rotatable bonds is 4. The number of carbonyl (C=O) groups is 4. The summed E-state index contributed by atoms with van der Waals surface area (Å²) >= 11 is 0. The van der Waals surface area contributed by atoms with Gasteiger partial charge in [-0.1, -0.05) is 26.3 Å². The van der Waals surface area contributed by atoms with Crippen molar-refractivity contribution in [3.05, 3.63) is 47.0 Å². The number of furan rings is 1. The average molecular weight is 525 g/mol. The van der Waals surface area contributed by atoms with E-state index in [2.05, 4.69) is 0 Å². The maximum absolute atomic E-state index is 14.3. The van der Waals surface area contributed by atoms with Crippen LogP contribution in [0.1, 0.15) is 65.0 Å². The molecular weight excluding hydrogens is 492 g/mol. The van der Waals surface area contributed by atoms with Crippen molar-refractivity contribution in [1.82, 2.24) is 0 Å². The minimum absolute atomic E-state index is 0.0453. The van der Waals surface area contributed by atoms with Gasteiger partial charge >= 0.3 is 17.9 Å². The van der Waals surface area contributed by atoms with Crippen LogP contribution >= 0.6 is 0 Å². The second-order valence-electron chi connectivity index (χ2n) is 12.2. The zero-order valence-corrected chi connectivity index (χ0v) is 22.2. The van der Waals surface area contributed by atoms with E-state index in [4.69, 9.17) is 18.6 Å². The normalized spacial score (nSPS) is 42.7. The lowest BCUT2D eigenvalue weighted by Crippen LogP contribution is -2.57. The van der Waals surface area contributed by atoms with Crippen molar-refractivity contribution in [3.8, 4) is 0 Å². The van der Waals surface area contributed by atoms with E-state index in [0.29, 0.717) is 29.6 Å². The van der Waals surface area contributed by atoms with E-state index in [1.807, 2.05) is 20.8 Å². The highest BCUT2D eigenvalue weighted by molar-refractivity contribution is 5.97. The van der Waals surface area contributed by atoms with Gasteiger partial charge in [-0.05, 0) is 42.4 Å². The Morgan fingerprint density at radius 3 is 2.58 bits per heavy atom. The smallest absolute Gasteiger partial charge is 0.331 e. The third-order valence-electron chi connectivity index (χ3n) is 10.5. The topological polar surface area (TPSA) is 129 Å². The van der Waals surface area contributed by atoms with Crippen molar-refractivity contribution in [2.45, 2.75) is 71.2 Å². The SMILES string of the molecule is COC(=O)C[C@H]1[C@@]2(C)C[C@]3(O)[C@H](C(=O)[C@H]2OC(C)=O)C2=C(CC[C@]4(C)C2=CC(=O)O[C@H]4c2ccoc2)[C@]13C. The van der Waals surface area contributed by atoms with Crippen molar-refractivity contribution >= 4 is 23.7 Å². The molecule has 9 nitrogen and oxygen atoms in total. The van der Waals surface area contributed by atoms with Gasteiger partial charge < -0.3 is 23.7 Å². The molecule has 202 valence electrons. The molecule has 8 atom stereocenters. The van der Waals surface area contributed by atoms with Crippen LogP contribution in [0.25, 0.3) is 0 Å². The molecule has 2 fully saturated rings. The Bertz CT molecular complexity index is 1340. The molecular formula is C29H32O9. The van der Waals surface area contributed by atoms with Crippen molar-refractivity contribution in [2.24, 2.45) is 28.1 Å². The van der Waals surface area contributed by atoms with Crippen LogP contribution in [0, 0.1) is 28.1 Å². The molecule has 2 saturated carbocycles. The number of ether oxygens (including phenoxy) is 3. The van der Waals surface area contributed by atoms with Crippen molar-refractivity contribution in [3.63, 3.8) is 0 Å². The monoisotopic (exact) mass is 524 g/mol. The lowest BCUT2D eigenvalue weighted by molar-refractivity contribution is -0.175. The summed E-state index contributed by atoms with van der Waals surface area (Å²) in [6, 6.07) is 1.76. The lowest BCUT2D eigenvalue weighted by atomic mass is 9.56. The third-order valence-corrected chi connectivity index (χ3v) is 10.5. The second-order valence-corrected chi connectivity index (χ2v) is 12.2. The Balaban J connectivity index is 1.59. The molecule has 9 heteroatoms. The van der Waals surface area contributed by atoms with E-state index in [-0.39, 0.29) is 12.8 Å². The predicted molar refractivity (Wildman–Crippen MR) is 130 cm³/mol. The zero-order valence-electron chi connectivity index (χ0n) is 22.2. The molecule has 1 N–H and O–H groups in total. The fourth-order valence-electron chi connectivity index (χ4n) is 8.90. The van der Waals surface area contributed by atoms with Gasteiger partial charge in [0.25, 0.3) is 0 Å². The molecule has 1 aliphatic heterocycles. The molecule has 2 bridgehead atoms. The zero-order chi connectivity index (χ0) is 27.4. The number of methoxy groups -OCH3 is 1. The first kappa shape index (κ1) is 25.1. The van der Waals surface area contributed by atoms with Gasteiger partial charge in [-0.25, -0.2) is 4.79 Å². The molecule has 6 rings (SSSR count). The first-order valence-corrected chi connectivity index (χ1v) is 13.0. The first-order chi connectivity index (χ1) is 17.8. The van der Waals surface area contributed by atoms with E-state index in [1.54, 1.807) is 12.3 Å². The quantitative estimate of drug-likeness (QED) is 0.465. The number of hydrogen-bond acceptors (Lipinski definition) is 9. The summed E-state index contributed by atoms with van der Waals surface area (Å²) in [6.45, 7) is 6.99. The van der Waals surface area contributed by atoms with Crippen LogP contribution in [0.5, 0.6) is 0 Å². The molecule has 5 aliphatic rings. The number of Topliss-reactive ketones (excluding diaryl/α,β-unsaturated/α-hetero) is 1. The highest BCUT2D eigenvalue weighted by Crippen LogP contribution is 2.78. The first-order valence-electron chi connectivity index (χ1n) is 13.0. The second kappa shape index (κ2) is 7.68. The molecule has 38 heavy (non-hydrogen) atoms. The Kier molecular flexibility index (Phi) is 5.07. The third kappa shape index (κ3) is 2.80. The van der Waals surface area contributed by atoms with Crippen molar-refractivity contribution in [2.75, 3.05) is 7.11 Å². The van der Waals surface area contributed by atoms with Gasteiger partial charge in [0, 0.05) is 41.2 Å². The summed E-state index contributed by atoms with van der Waals surface area (Å²) in [6.07, 6.45) is 4.00. The lowest BCUT2D eigenvalue weighted by Gasteiger charge is -2.50. The maximum Gasteiger partial charge on any atom is 0.331 e. The molecule has 0 saturated heterocycles. The highest BCUT2D eigenvalue weighted by atomic mass is 16.6. The molecule has 1 aromatic rings. The van der Waals surface area contributed by atoms with Gasteiger partial charge in [0.15, 0.2) is 11.9 Å². The summed E-state index contributed by atoms with van der Waals surface area (Å²) in [4.78, 5) is 52.1. The van der Waals surface area contributed by atoms with E-state index < -0.39 is 69.6 Å². The van der Waals surface area contributed by atoms with Gasteiger partial charge in [-0.3, -0.25) is 14.4 Å². The van der Waals surface area contributed by atoms with Crippen LogP contribution in [0.15, 0.2) is 45.8 Å². The van der Waals surface area contributed by atoms with Crippen LogP contribution in [-0.4, -0.2) is 47.6 Å². The van der Waals surface area contributed by atoms with Crippen LogP contribution in [0.4, 0.5) is 0 Å². The van der Waals surface area contributed by atoms with E-state index in [0.717, 1.165) is 5.57 Å². The molecule has 0 radical (unpaired) electrons. The van der Waals surface area contributed by atoms with Gasteiger partial charge in [-0.15, -0.1) is 0 Å². The molecule has 0 aromatic carbocycles. The number of ketones is 1. The van der Waals surface area contributed by atoms with E-state index in [1.165, 1.54) is 26.4 Å². The minimum Gasteiger partial charge on any atom is -0.472 e. The predicted octanol–water partition coefficient (Wildman–Crippen LogP) is 3.37. The van der Waals surface area contributed by atoms with Gasteiger partial charge in [0.2, 0.25) is 0 Å². The number of hydrogen-bond donors (Lipinski definition) is 1. The maximum atomic E-state index is 14.3. The Morgan fingerprint density at radius 2 is 1.95 bits per heavy atom. The summed E-state index contributed by atoms with van der Waals surface area (Å²) in [5.74, 6) is -3.56. The highest BCUT2D eigenvalue weighted by Gasteiger charge is 2.81. The van der Waals surface area contributed by atoms with Crippen LogP contribution in [0.2, 0.25) is 0 Å². The number of esters is 3. The van der Waals surface area contributed by atoms with Gasteiger partial charge in [-0.2, -0.15) is 0 Å². The summed E-state index contributed by atoms with van der Waals surface area (Å²) in [5, 5.41) is 12.5.